The lowest BCUT2D eigenvalue weighted by Crippen LogP contribution is -2.12. The quantitative estimate of drug-likeness (QED) is 0.689. The van der Waals surface area contributed by atoms with E-state index in [0.29, 0.717) is 18.0 Å². The molecule has 1 aliphatic rings. The van der Waals surface area contributed by atoms with Crippen molar-refractivity contribution in [3.05, 3.63) is 25.6 Å². The number of aromatic amines is 2. The monoisotopic (exact) mass is 240 g/mol. The van der Waals surface area contributed by atoms with E-state index in [-0.39, 0.29) is 5.56 Å². The molecule has 4 nitrogen and oxygen atoms in total. The average Bonchev–Trinajstić information content (AvgIpc) is 2.54. The first-order valence-corrected chi connectivity index (χ1v) is 5.83. The predicted molar refractivity (Wildman–Crippen MR) is 61.0 cm³/mol. The number of aromatic nitrogens is 2. The molecule has 15 heavy (non-hydrogen) atoms. The highest BCUT2D eigenvalue weighted by Crippen LogP contribution is 2.30. The number of ether oxygens (including phenoxy) is 1. The van der Waals surface area contributed by atoms with Gasteiger partial charge >= 0.3 is 0 Å². The topological polar surface area (TPSA) is 57.9 Å². The maximum absolute atomic E-state index is 11.8. The molecular formula is C9H8N2O2S2. The molecule has 2 aromatic rings. The molecule has 0 atom stereocenters. The second kappa shape index (κ2) is 3.26. The van der Waals surface area contributed by atoms with E-state index in [4.69, 9.17) is 17.0 Å². The highest BCUT2D eigenvalue weighted by Gasteiger charge is 2.18. The molecule has 0 amide bonds. The molecule has 2 aromatic heterocycles. The predicted octanol–water partition coefficient (Wildman–Crippen LogP) is 1.72. The Morgan fingerprint density at radius 3 is 3.13 bits per heavy atom. The molecular weight excluding hydrogens is 232 g/mol. The summed E-state index contributed by atoms with van der Waals surface area (Å²) in [6, 6.07) is 0. The van der Waals surface area contributed by atoms with Crippen LogP contribution in [-0.2, 0) is 17.8 Å². The van der Waals surface area contributed by atoms with E-state index in [1.165, 1.54) is 0 Å². The van der Waals surface area contributed by atoms with Gasteiger partial charge in [-0.25, -0.2) is 0 Å². The lowest BCUT2D eigenvalue weighted by atomic mass is 10.1. The highest BCUT2D eigenvalue weighted by atomic mass is 32.1. The van der Waals surface area contributed by atoms with E-state index < -0.39 is 0 Å². The Morgan fingerprint density at radius 2 is 2.27 bits per heavy atom. The maximum Gasteiger partial charge on any atom is 0.260 e. The molecule has 3 rings (SSSR count). The van der Waals surface area contributed by atoms with E-state index in [1.54, 1.807) is 11.3 Å². The lowest BCUT2D eigenvalue weighted by molar-refractivity contribution is 0.114. The first kappa shape index (κ1) is 9.26. The Balaban J connectivity index is 2.47. The van der Waals surface area contributed by atoms with Gasteiger partial charge in [0.1, 0.15) is 4.83 Å². The van der Waals surface area contributed by atoms with Crippen LogP contribution in [0.2, 0.25) is 0 Å². The zero-order chi connectivity index (χ0) is 10.4. The Labute approximate surface area is 93.9 Å². The summed E-state index contributed by atoms with van der Waals surface area (Å²) in [6.07, 6.45) is 0.809. The fraction of sp³-hybridized carbons (Fsp3) is 0.333. The number of nitrogens with one attached hydrogen (secondary N) is 2. The molecule has 1 aliphatic heterocycles. The van der Waals surface area contributed by atoms with Crippen LogP contribution in [0.15, 0.2) is 4.79 Å². The highest BCUT2D eigenvalue weighted by molar-refractivity contribution is 7.71. The first-order valence-electron chi connectivity index (χ1n) is 4.60. The minimum atomic E-state index is -0.0897. The van der Waals surface area contributed by atoms with E-state index >= 15 is 0 Å². The third kappa shape index (κ3) is 1.37. The standard InChI is InChI=1S/C9H8N2O2S2/c12-7-6-4-1-2-13-3-5(4)15-8(6)11-9(14)10-7/h1-3H2,(H2,10,11,12,14). The Kier molecular flexibility index (Phi) is 2.01. The van der Waals surface area contributed by atoms with Gasteiger partial charge in [0.05, 0.1) is 18.6 Å². The Bertz CT molecular complexity index is 638. The van der Waals surface area contributed by atoms with E-state index in [0.717, 1.165) is 27.1 Å². The van der Waals surface area contributed by atoms with Crippen LogP contribution >= 0.6 is 23.6 Å². The van der Waals surface area contributed by atoms with Gasteiger partial charge in [0, 0.05) is 4.88 Å². The van der Waals surface area contributed by atoms with Crippen molar-refractivity contribution in [3.8, 4) is 0 Å². The van der Waals surface area contributed by atoms with Gasteiger partial charge in [-0.05, 0) is 24.2 Å². The fourth-order valence-corrected chi connectivity index (χ4v) is 3.31. The van der Waals surface area contributed by atoms with Crippen molar-refractivity contribution in [2.45, 2.75) is 13.0 Å². The molecule has 0 aromatic carbocycles. The molecule has 0 saturated carbocycles. The van der Waals surface area contributed by atoms with Crippen molar-refractivity contribution in [2.75, 3.05) is 6.61 Å². The molecule has 78 valence electrons. The molecule has 0 unspecified atom stereocenters. The normalized spacial score (nSPS) is 15.5. The number of thiophene rings is 1. The van der Waals surface area contributed by atoms with Crippen LogP contribution in [-0.4, -0.2) is 16.6 Å². The molecule has 0 spiro atoms. The van der Waals surface area contributed by atoms with Gasteiger partial charge in [-0.2, -0.15) is 0 Å². The smallest absolute Gasteiger partial charge is 0.260 e. The fourth-order valence-electron chi connectivity index (χ4n) is 1.86. The molecule has 0 radical (unpaired) electrons. The SMILES string of the molecule is O=c1[nH]c(=S)[nH]c2sc3c(c12)CCOC3. The van der Waals surface area contributed by atoms with Crippen molar-refractivity contribution in [3.63, 3.8) is 0 Å². The molecule has 6 heteroatoms. The molecule has 0 saturated heterocycles. The van der Waals surface area contributed by atoms with E-state index in [1.807, 2.05) is 0 Å². The second-order valence-electron chi connectivity index (χ2n) is 3.42. The summed E-state index contributed by atoms with van der Waals surface area (Å²) in [5, 5.41) is 0.756. The molecule has 2 N–H and O–H groups in total. The summed E-state index contributed by atoms with van der Waals surface area (Å²) in [5.74, 6) is 0. The Hall–Kier alpha value is -0.980. The van der Waals surface area contributed by atoms with Crippen LogP contribution in [0.25, 0.3) is 10.2 Å². The van der Waals surface area contributed by atoms with E-state index in [2.05, 4.69) is 9.97 Å². The molecule has 0 fully saturated rings. The molecule has 3 heterocycles. The third-order valence-corrected chi connectivity index (χ3v) is 3.83. The summed E-state index contributed by atoms with van der Waals surface area (Å²) in [7, 11) is 0. The summed E-state index contributed by atoms with van der Waals surface area (Å²) in [5.41, 5.74) is 1.03. The Morgan fingerprint density at radius 1 is 1.40 bits per heavy atom. The van der Waals surface area contributed by atoms with Crippen LogP contribution in [0.5, 0.6) is 0 Å². The van der Waals surface area contributed by atoms with Crippen molar-refractivity contribution in [1.82, 2.24) is 9.97 Å². The zero-order valence-electron chi connectivity index (χ0n) is 7.75. The van der Waals surface area contributed by atoms with E-state index in [9.17, 15) is 4.79 Å². The van der Waals surface area contributed by atoms with Crippen LogP contribution in [0.4, 0.5) is 0 Å². The molecule has 0 bridgehead atoms. The van der Waals surface area contributed by atoms with Gasteiger partial charge < -0.3 is 9.72 Å². The van der Waals surface area contributed by atoms with Gasteiger partial charge in [0.2, 0.25) is 0 Å². The third-order valence-electron chi connectivity index (χ3n) is 2.50. The van der Waals surface area contributed by atoms with Gasteiger partial charge in [-0.3, -0.25) is 9.78 Å². The van der Waals surface area contributed by atoms with Crippen LogP contribution in [0, 0.1) is 4.77 Å². The van der Waals surface area contributed by atoms with Gasteiger partial charge in [0.15, 0.2) is 4.77 Å². The summed E-state index contributed by atoms with van der Waals surface area (Å²) in [4.78, 5) is 19.4. The number of hydrogen-bond donors (Lipinski definition) is 2. The second-order valence-corrected chi connectivity index (χ2v) is 4.93. The van der Waals surface area contributed by atoms with Gasteiger partial charge in [0.25, 0.3) is 5.56 Å². The van der Waals surface area contributed by atoms with Crippen LogP contribution in [0.1, 0.15) is 10.4 Å². The van der Waals surface area contributed by atoms with Gasteiger partial charge in [-0.15, -0.1) is 11.3 Å². The lowest BCUT2D eigenvalue weighted by Gasteiger charge is -2.10. The zero-order valence-corrected chi connectivity index (χ0v) is 9.39. The van der Waals surface area contributed by atoms with Crippen LogP contribution < -0.4 is 5.56 Å². The number of H-pyrrole nitrogens is 2. The molecule has 0 aliphatic carbocycles. The summed E-state index contributed by atoms with van der Waals surface area (Å²) < 4.78 is 5.74. The van der Waals surface area contributed by atoms with Crippen molar-refractivity contribution < 1.29 is 4.74 Å². The largest absolute Gasteiger partial charge is 0.376 e. The minimum Gasteiger partial charge on any atom is -0.376 e. The average molecular weight is 240 g/mol. The minimum absolute atomic E-state index is 0.0897. The summed E-state index contributed by atoms with van der Waals surface area (Å²) >= 11 is 6.49. The first-order chi connectivity index (χ1) is 7.25. The summed E-state index contributed by atoms with van der Waals surface area (Å²) in [6.45, 7) is 1.29. The van der Waals surface area contributed by atoms with Gasteiger partial charge in [-0.1, -0.05) is 0 Å². The van der Waals surface area contributed by atoms with Crippen molar-refractivity contribution >= 4 is 33.8 Å². The number of rotatable bonds is 0. The van der Waals surface area contributed by atoms with Crippen LogP contribution in [0.3, 0.4) is 0 Å². The van der Waals surface area contributed by atoms with Crippen molar-refractivity contribution in [2.24, 2.45) is 0 Å². The van der Waals surface area contributed by atoms with Crippen molar-refractivity contribution in [1.29, 1.82) is 0 Å². The number of fused-ring (bicyclic) bond motifs is 3. The number of hydrogen-bond acceptors (Lipinski definition) is 4. The maximum atomic E-state index is 11.8.